The second-order valence-corrected chi connectivity index (χ2v) is 19.4. The standard InChI is InChI=1S/C58H45N3/c1-57(2,3)36-25-26-47-42(31-36)45-32-37(58(4,5)6)33-46-50-48(60(47)53(45)46)27-28-49-52(50)51-40-23-15-13-17-34(40)29-43-44-30-35-18-14-16-24-41(35)55(56(44)61(49)54(43)51)59(38-19-9-7-10-20-38)39-21-11-8-12-22-39/h7-33H,1-6H3. The first-order chi connectivity index (χ1) is 29.6. The fourth-order valence-corrected chi connectivity index (χ4v) is 10.9. The second kappa shape index (κ2) is 11.8. The topological polar surface area (TPSA) is 12.1 Å². The maximum absolute atomic E-state index is 2.63. The minimum atomic E-state index is -0.0378. The van der Waals surface area contributed by atoms with Crippen molar-refractivity contribution in [1.29, 1.82) is 0 Å². The third-order valence-corrected chi connectivity index (χ3v) is 13.8. The molecule has 0 fully saturated rings. The summed E-state index contributed by atoms with van der Waals surface area (Å²) in [5.74, 6) is 0. The highest BCUT2D eigenvalue weighted by molar-refractivity contribution is 6.40. The predicted octanol–water partition coefficient (Wildman–Crippen LogP) is 16.4. The second-order valence-electron chi connectivity index (χ2n) is 19.4. The SMILES string of the molecule is CC(C)(C)c1ccc2c(c1)c1cc(C(C)(C)C)cc3c4c5c6c7ccccc7cc7c8cc9ccccc9c(N(c9ccccc9)c9ccccc9)c8n(c5ccc4n2c13)c76. The van der Waals surface area contributed by atoms with Crippen molar-refractivity contribution < 1.29 is 0 Å². The Kier molecular flexibility index (Phi) is 6.72. The summed E-state index contributed by atoms with van der Waals surface area (Å²) in [6, 6.07) is 61.7. The molecule has 0 unspecified atom stereocenters. The predicted molar refractivity (Wildman–Crippen MR) is 263 cm³/mol. The van der Waals surface area contributed by atoms with Crippen LogP contribution in [-0.2, 0) is 10.8 Å². The zero-order chi connectivity index (χ0) is 41.1. The Labute approximate surface area is 354 Å². The van der Waals surface area contributed by atoms with Crippen LogP contribution in [0.1, 0.15) is 52.7 Å². The van der Waals surface area contributed by atoms with E-state index in [0.717, 1.165) is 11.4 Å². The van der Waals surface area contributed by atoms with Crippen LogP contribution >= 0.6 is 0 Å². The normalized spacial score (nSPS) is 13.1. The molecule has 13 aromatic rings. The van der Waals surface area contributed by atoms with Crippen LogP contribution in [0.3, 0.4) is 0 Å². The number of nitrogens with zero attached hydrogens (tertiary/aromatic N) is 3. The van der Waals surface area contributed by atoms with Crippen LogP contribution < -0.4 is 4.90 Å². The molecule has 4 aromatic heterocycles. The van der Waals surface area contributed by atoms with Gasteiger partial charge in [-0.25, -0.2) is 0 Å². The molecule has 4 heterocycles. The first kappa shape index (κ1) is 34.7. The molecule has 292 valence electrons. The summed E-state index contributed by atoms with van der Waals surface area (Å²) in [7, 11) is 0. The first-order valence-corrected chi connectivity index (χ1v) is 21.7. The van der Waals surface area contributed by atoms with E-state index in [4.69, 9.17) is 0 Å². The van der Waals surface area contributed by atoms with Gasteiger partial charge < -0.3 is 13.7 Å². The number of hydrogen-bond acceptors (Lipinski definition) is 1. The fourth-order valence-electron chi connectivity index (χ4n) is 10.9. The lowest BCUT2D eigenvalue weighted by Crippen LogP contribution is -2.11. The Morgan fingerprint density at radius 1 is 0.344 bits per heavy atom. The summed E-state index contributed by atoms with van der Waals surface area (Å²) in [5, 5.41) is 15.6. The molecule has 0 atom stereocenters. The van der Waals surface area contributed by atoms with Gasteiger partial charge in [-0.2, -0.15) is 0 Å². The number of para-hydroxylation sites is 2. The van der Waals surface area contributed by atoms with Crippen LogP contribution in [0.25, 0.3) is 97.7 Å². The van der Waals surface area contributed by atoms with Gasteiger partial charge in [0.05, 0.1) is 38.8 Å². The third-order valence-electron chi connectivity index (χ3n) is 13.8. The number of rotatable bonds is 3. The number of anilines is 3. The van der Waals surface area contributed by atoms with Crippen LogP contribution in [0.5, 0.6) is 0 Å². The Balaban J connectivity index is 1.30. The maximum atomic E-state index is 2.63. The largest absolute Gasteiger partial charge is 0.308 e. The Morgan fingerprint density at radius 3 is 1.51 bits per heavy atom. The maximum Gasteiger partial charge on any atom is 0.0789 e. The average molecular weight is 784 g/mol. The van der Waals surface area contributed by atoms with Gasteiger partial charge >= 0.3 is 0 Å². The van der Waals surface area contributed by atoms with Gasteiger partial charge in [0, 0.05) is 59.9 Å². The number of benzene rings is 9. The molecule has 9 aromatic carbocycles. The highest BCUT2D eigenvalue weighted by Gasteiger charge is 2.30. The molecule has 0 spiro atoms. The van der Waals surface area contributed by atoms with Gasteiger partial charge in [-0.3, -0.25) is 0 Å². The van der Waals surface area contributed by atoms with E-state index in [1.807, 2.05) is 0 Å². The molecule has 61 heavy (non-hydrogen) atoms. The molecular formula is C58H45N3. The minimum absolute atomic E-state index is 0.0378. The molecule has 3 heteroatoms. The van der Waals surface area contributed by atoms with Crippen molar-refractivity contribution in [2.45, 2.75) is 52.4 Å². The molecule has 13 rings (SSSR count). The van der Waals surface area contributed by atoms with Crippen LogP contribution in [0.15, 0.2) is 164 Å². The summed E-state index contributed by atoms with van der Waals surface area (Å²) >= 11 is 0. The van der Waals surface area contributed by atoms with Gasteiger partial charge in [-0.1, -0.05) is 133 Å². The number of aromatic nitrogens is 2. The molecular weight excluding hydrogens is 739 g/mol. The first-order valence-electron chi connectivity index (χ1n) is 21.7. The highest BCUT2D eigenvalue weighted by atomic mass is 15.2. The van der Waals surface area contributed by atoms with Crippen molar-refractivity contribution in [3.8, 4) is 0 Å². The lowest BCUT2D eigenvalue weighted by Gasteiger charge is -2.28. The van der Waals surface area contributed by atoms with E-state index in [2.05, 4.69) is 219 Å². The van der Waals surface area contributed by atoms with E-state index >= 15 is 0 Å². The van der Waals surface area contributed by atoms with E-state index < -0.39 is 0 Å². The van der Waals surface area contributed by atoms with Crippen LogP contribution in [0, 0.1) is 0 Å². The summed E-state index contributed by atoms with van der Waals surface area (Å²) in [4.78, 5) is 2.48. The molecule has 0 saturated heterocycles. The van der Waals surface area contributed by atoms with Crippen molar-refractivity contribution >= 4 is 115 Å². The Bertz CT molecular complexity index is 3890. The third kappa shape index (κ3) is 4.58. The molecule has 0 radical (unpaired) electrons. The molecule has 0 aliphatic rings. The van der Waals surface area contributed by atoms with Gasteiger partial charge in [-0.05, 0) is 111 Å². The minimum Gasteiger partial charge on any atom is -0.308 e. The number of hydrogen-bond donors (Lipinski definition) is 0. The van der Waals surface area contributed by atoms with Crippen molar-refractivity contribution in [2.75, 3.05) is 4.90 Å². The molecule has 0 N–H and O–H groups in total. The van der Waals surface area contributed by atoms with Gasteiger partial charge in [0.25, 0.3) is 0 Å². The van der Waals surface area contributed by atoms with Gasteiger partial charge in [0.2, 0.25) is 0 Å². The zero-order valence-electron chi connectivity index (χ0n) is 35.4. The monoisotopic (exact) mass is 783 g/mol. The van der Waals surface area contributed by atoms with Crippen LogP contribution in [0.4, 0.5) is 17.1 Å². The van der Waals surface area contributed by atoms with Crippen molar-refractivity contribution in [3.05, 3.63) is 175 Å². The summed E-state index contributed by atoms with van der Waals surface area (Å²) in [6.07, 6.45) is 0. The summed E-state index contributed by atoms with van der Waals surface area (Å²) < 4.78 is 5.21. The Morgan fingerprint density at radius 2 is 0.852 bits per heavy atom. The fraction of sp³-hybridized carbons (Fsp3) is 0.138. The molecule has 0 bridgehead atoms. The van der Waals surface area contributed by atoms with Gasteiger partial charge in [0.15, 0.2) is 0 Å². The van der Waals surface area contributed by atoms with E-state index in [1.165, 1.54) is 115 Å². The average Bonchev–Trinajstić information content (AvgIpc) is 3.99. The quantitative estimate of drug-likeness (QED) is 0.174. The van der Waals surface area contributed by atoms with Crippen molar-refractivity contribution in [2.24, 2.45) is 0 Å². The molecule has 0 aliphatic heterocycles. The van der Waals surface area contributed by atoms with Crippen molar-refractivity contribution in [3.63, 3.8) is 0 Å². The molecule has 0 amide bonds. The molecule has 0 saturated carbocycles. The zero-order valence-corrected chi connectivity index (χ0v) is 35.4. The van der Waals surface area contributed by atoms with E-state index in [9.17, 15) is 0 Å². The Hall–Kier alpha value is -7.10. The van der Waals surface area contributed by atoms with Crippen molar-refractivity contribution in [1.82, 2.24) is 8.80 Å². The number of fused-ring (bicyclic) bond motifs is 16. The highest BCUT2D eigenvalue weighted by Crippen LogP contribution is 2.53. The smallest absolute Gasteiger partial charge is 0.0789 e. The van der Waals surface area contributed by atoms with E-state index in [1.54, 1.807) is 0 Å². The van der Waals surface area contributed by atoms with Crippen LogP contribution in [-0.4, -0.2) is 8.80 Å². The van der Waals surface area contributed by atoms with Gasteiger partial charge in [-0.15, -0.1) is 0 Å². The summed E-state index contributed by atoms with van der Waals surface area (Å²) in [5.41, 5.74) is 13.8. The lowest BCUT2D eigenvalue weighted by molar-refractivity contribution is 0.590. The lowest BCUT2D eigenvalue weighted by atomic mass is 9.84. The summed E-state index contributed by atoms with van der Waals surface area (Å²) in [6.45, 7) is 14.0. The van der Waals surface area contributed by atoms with E-state index in [0.29, 0.717) is 0 Å². The molecule has 0 aliphatic carbocycles. The molecule has 3 nitrogen and oxygen atoms in total. The van der Waals surface area contributed by atoms with Gasteiger partial charge in [0.1, 0.15) is 0 Å². The van der Waals surface area contributed by atoms with Crippen LogP contribution in [0.2, 0.25) is 0 Å². The van der Waals surface area contributed by atoms with E-state index in [-0.39, 0.29) is 10.8 Å².